The second-order valence-corrected chi connectivity index (χ2v) is 5.88. The molecule has 0 aliphatic carbocycles. The molecule has 0 bridgehead atoms. The van der Waals surface area contributed by atoms with Crippen LogP contribution in [0.15, 0.2) is 54.6 Å². The quantitative estimate of drug-likeness (QED) is 0.845. The van der Waals surface area contributed by atoms with Crippen LogP contribution in [0.4, 0.5) is 10.5 Å². The smallest absolute Gasteiger partial charge is 0.408 e. The summed E-state index contributed by atoms with van der Waals surface area (Å²) >= 11 is 5.40. The Morgan fingerprint density at radius 2 is 1.91 bits per heavy atom. The van der Waals surface area contributed by atoms with Crippen molar-refractivity contribution in [3.63, 3.8) is 0 Å². The molecular formula is C18H18N2O2S. The van der Waals surface area contributed by atoms with E-state index in [1.165, 1.54) is 5.56 Å². The highest BCUT2D eigenvalue weighted by atomic mass is 32.1. The van der Waals surface area contributed by atoms with Crippen LogP contribution < -0.4 is 10.6 Å². The highest BCUT2D eigenvalue weighted by molar-refractivity contribution is 7.80. The molecule has 0 fully saturated rings. The SMILES string of the molecule is O=C(N[C@@H]1CCc2ccccc2NC1=S)OCc1ccccc1. The number of carbonyl (C=O) groups is 1. The molecule has 2 aromatic carbocycles. The zero-order valence-corrected chi connectivity index (χ0v) is 13.4. The Hall–Kier alpha value is -2.40. The van der Waals surface area contributed by atoms with E-state index < -0.39 is 6.09 Å². The maximum Gasteiger partial charge on any atom is 0.408 e. The minimum atomic E-state index is -0.450. The molecular weight excluding hydrogens is 308 g/mol. The lowest BCUT2D eigenvalue weighted by atomic mass is 10.1. The number of hydrogen-bond acceptors (Lipinski definition) is 3. The van der Waals surface area contributed by atoms with Gasteiger partial charge in [-0.05, 0) is 30.0 Å². The average molecular weight is 326 g/mol. The van der Waals surface area contributed by atoms with Gasteiger partial charge in [0.1, 0.15) is 11.6 Å². The fourth-order valence-electron chi connectivity index (χ4n) is 2.56. The van der Waals surface area contributed by atoms with Gasteiger partial charge in [0.2, 0.25) is 0 Å². The van der Waals surface area contributed by atoms with E-state index in [-0.39, 0.29) is 12.6 Å². The summed E-state index contributed by atoms with van der Waals surface area (Å²) in [4.78, 5) is 12.6. The number of benzene rings is 2. The first-order chi connectivity index (χ1) is 11.2. The van der Waals surface area contributed by atoms with Gasteiger partial charge in [0.15, 0.2) is 0 Å². The first-order valence-electron chi connectivity index (χ1n) is 7.58. The average Bonchev–Trinajstić information content (AvgIpc) is 2.73. The van der Waals surface area contributed by atoms with E-state index in [1.54, 1.807) is 0 Å². The van der Waals surface area contributed by atoms with Crippen molar-refractivity contribution in [3.05, 3.63) is 65.7 Å². The van der Waals surface area contributed by atoms with Crippen molar-refractivity contribution >= 4 is 29.0 Å². The predicted molar refractivity (Wildman–Crippen MR) is 94.5 cm³/mol. The number of rotatable bonds is 3. The van der Waals surface area contributed by atoms with E-state index in [2.05, 4.69) is 16.7 Å². The molecule has 0 spiro atoms. The third-order valence-electron chi connectivity index (χ3n) is 3.80. The van der Waals surface area contributed by atoms with Gasteiger partial charge in [-0.1, -0.05) is 60.7 Å². The summed E-state index contributed by atoms with van der Waals surface area (Å²) in [5.41, 5.74) is 3.17. The molecule has 0 radical (unpaired) electrons. The number of alkyl carbamates (subject to hydrolysis) is 1. The van der Waals surface area contributed by atoms with E-state index >= 15 is 0 Å². The van der Waals surface area contributed by atoms with Crippen LogP contribution >= 0.6 is 12.2 Å². The maximum absolute atomic E-state index is 12.0. The van der Waals surface area contributed by atoms with E-state index in [0.29, 0.717) is 4.99 Å². The number of carbonyl (C=O) groups excluding carboxylic acids is 1. The lowest BCUT2D eigenvalue weighted by molar-refractivity contribution is 0.138. The number of aryl methyl sites for hydroxylation is 1. The molecule has 23 heavy (non-hydrogen) atoms. The first kappa shape index (κ1) is 15.5. The maximum atomic E-state index is 12.0. The Morgan fingerprint density at radius 1 is 1.17 bits per heavy atom. The number of amides is 1. The summed E-state index contributed by atoms with van der Waals surface area (Å²) in [6.07, 6.45) is 1.16. The van der Waals surface area contributed by atoms with Crippen molar-refractivity contribution in [2.75, 3.05) is 5.32 Å². The van der Waals surface area contributed by atoms with Gasteiger partial charge in [0, 0.05) is 5.69 Å². The summed E-state index contributed by atoms with van der Waals surface area (Å²) in [6.45, 7) is 0.250. The Morgan fingerprint density at radius 3 is 2.74 bits per heavy atom. The molecule has 4 nitrogen and oxygen atoms in total. The minimum Gasteiger partial charge on any atom is -0.445 e. The van der Waals surface area contributed by atoms with Gasteiger partial charge in [-0.3, -0.25) is 0 Å². The molecule has 2 N–H and O–H groups in total. The molecule has 1 aliphatic rings. The van der Waals surface area contributed by atoms with Crippen LogP contribution in [0.5, 0.6) is 0 Å². The molecule has 5 heteroatoms. The molecule has 0 saturated heterocycles. The third-order valence-corrected chi connectivity index (χ3v) is 4.19. The van der Waals surface area contributed by atoms with Crippen molar-refractivity contribution in [3.8, 4) is 0 Å². The van der Waals surface area contributed by atoms with E-state index in [1.807, 2.05) is 48.5 Å². The standard InChI is InChI=1S/C18H18N2O2S/c21-18(22-12-13-6-2-1-3-7-13)20-16-11-10-14-8-4-5-9-15(14)19-17(16)23/h1-9,16H,10-12H2,(H,19,23)(H,20,21)/t16-/m1/s1. The topological polar surface area (TPSA) is 50.4 Å². The first-order valence-corrected chi connectivity index (χ1v) is 7.99. The molecule has 3 rings (SSSR count). The number of hydrogen-bond donors (Lipinski definition) is 2. The number of thiocarbonyl (C=S) groups is 1. The van der Waals surface area contributed by atoms with Gasteiger partial charge >= 0.3 is 6.09 Å². The van der Waals surface area contributed by atoms with Crippen molar-refractivity contribution < 1.29 is 9.53 Å². The highest BCUT2D eigenvalue weighted by Gasteiger charge is 2.22. The van der Waals surface area contributed by atoms with Crippen molar-refractivity contribution in [1.29, 1.82) is 0 Å². The monoisotopic (exact) mass is 326 g/mol. The number of anilines is 1. The van der Waals surface area contributed by atoms with Crippen molar-refractivity contribution in [2.24, 2.45) is 0 Å². The van der Waals surface area contributed by atoms with Gasteiger partial charge in [0.05, 0.1) is 6.04 Å². The van der Waals surface area contributed by atoms with Crippen LogP contribution in [0.2, 0.25) is 0 Å². The number of ether oxygens (including phenoxy) is 1. The zero-order valence-electron chi connectivity index (χ0n) is 12.6. The van der Waals surface area contributed by atoms with Crippen LogP contribution in [0, 0.1) is 0 Å². The van der Waals surface area contributed by atoms with Crippen LogP contribution in [-0.2, 0) is 17.8 Å². The molecule has 118 valence electrons. The van der Waals surface area contributed by atoms with Crippen LogP contribution in [0.25, 0.3) is 0 Å². The molecule has 1 amide bonds. The molecule has 0 saturated carbocycles. The lowest BCUT2D eigenvalue weighted by Gasteiger charge is -2.17. The molecule has 2 aromatic rings. The third kappa shape index (κ3) is 4.07. The van der Waals surface area contributed by atoms with Gasteiger partial charge in [0.25, 0.3) is 0 Å². The summed E-state index contributed by atoms with van der Waals surface area (Å²) in [7, 11) is 0. The number of para-hydroxylation sites is 1. The normalized spacial score (nSPS) is 16.7. The van der Waals surface area contributed by atoms with Gasteiger partial charge in [-0.25, -0.2) is 4.79 Å². The van der Waals surface area contributed by atoms with Crippen LogP contribution in [-0.4, -0.2) is 17.1 Å². The molecule has 0 unspecified atom stereocenters. The van der Waals surface area contributed by atoms with Gasteiger partial charge in [-0.2, -0.15) is 0 Å². The van der Waals surface area contributed by atoms with Gasteiger partial charge < -0.3 is 15.4 Å². The Bertz CT molecular complexity index is 703. The Balaban J connectivity index is 1.56. The predicted octanol–water partition coefficient (Wildman–Crippen LogP) is 3.67. The number of nitrogens with one attached hydrogen (secondary N) is 2. The highest BCUT2D eigenvalue weighted by Crippen LogP contribution is 2.22. The second-order valence-electron chi connectivity index (χ2n) is 5.44. The summed E-state index contributed by atoms with van der Waals surface area (Å²) in [6, 6.07) is 17.4. The molecule has 1 aliphatic heterocycles. The fraction of sp³-hybridized carbons (Fsp3) is 0.222. The Kier molecular flexibility index (Phi) is 4.88. The van der Waals surface area contributed by atoms with Gasteiger partial charge in [-0.15, -0.1) is 0 Å². The molecule has 0 aromatic heterocycles. The van der Waals surface area contributed by atoms with E-state index in [9.17, 15) is 4.79 Å². The largest absolute Gasteiger partial charge is 0.445 e. The minimum absolute atomic E-state index is 0.222. The van der Waals surface area contributed by atoms with Crippen molar-refractivity contribution in [2.45, 2.75) is 25.5 Å². The summed E-state index contributed by atoms with van der Waals surface area (Å²) < 4.78 is 5.26. The number of fused-ring (bicyclic) bond motifs is 1. The van der Waals surface area contributed by atoms with E-state index in [0.717, 1.165) is 24.1 Å². The Labute approximate surface area is 140 Å². The zero-order chi connectivity index (χ0) is 16.1. The fourth-order valence-corrected chi connectivity index (χ4v) is 2.84. The molecule has 1 heterocycles. The van der Waals surface area contributed by atoms with E-state index in [4.69, 9.17) is 17.0 Å². The summed E-state index contributed by atoms with van der Waals surface area (Å²) in [5, 5.41) is 6.06. The molecule has 1 atom stereocenters. The summed E-state index contributed by atoms with van der Waals surface area (Å²) in [5.74, 6) is 0. The van der Waals surface area contributed by atoms with Crippen LogP contribution in [0.3, 0.4) is 0 Å². The van der Waals surface area contributed by atoms with Crippen LogP contribution in [0.1, 0.15) is 17.5 Å². The second kappa shape index (κ2) is 7.24. The lowest BCUT2D eigenvalue weighted by Crippen LogP contribution is -2.42. The van der Waals surface area contributed by atoms with Crippen molar-refractivity contribution in [1.82, 2.24) is 5.32 Å².